The standard InChI is InChI=1S/C59H63N3O/c1-36(2)39-22-24-40(25-23-39)42-26-27-60-52(32-42)44-29-43(30-45(31-44)57(5,6)7)48-20-17-21-53-54(48)61-56(50-33-46(58(8,9)10)34-51(55(50)63)59(11,12)13)62(53)47-28-37(3)38(4)49(35-47)41-18-15-14-16-19-41/h14-36,63H,1-13H3/i3D3,4D3,36D. The van der Waals surface area contributed by atoms with Crippen LogP contribution in [0.5, 0.6) is 5.75 Å². The van der Waals surface area contributed by atoms with E-state index in [1.807, 2.05) is 73.1 Å². The van der Waals surface area contributed by atoms with Crippen LogP contribution in [-0.2, 0) is 16.2 Å². The lowest BCUT2D eigenvalue weighted by Gasteiger charge is -2.27. The van der Waals surface area contributed by atoms with Gasteiger partial charge in [-0.3, -0.25) is 9.55 Å². The molecule has 0 radical (unpaired) electrons. The summed E-state index contributed by atoms with van der Waals surface area (Å²) in [6.45, 7) is 17.3. The molecule has 1 N–H and O–H groups in total. The quantitative estimate of drug-likeness (QED) is 0.174. The molecule has 2 aromatic heterocycles. The first kappa shape index (κ1) is 35.2. The smallest absolute Gasteiger partial charge is 0.149 e. The van der Waals surface area contributed by atoms with Gasteiger partial charge in [0.05, 0.1) is 22.3 Å². The summed E-state index contributed by atoms with van der Waals surface area (Å²) in [5, 5.41) is 12.5. The molecule has 8 rings (SSSR count). The van der Waals surface area contributed by atoms with Crippen LogP contribution in [0.25, 0.3) is 72.7 Å². The minimum Gasteiger partial charge on any atom is -0.507 e. The first-order valence-corrected chi connectivity index (χ1v) is 21.8. The molecule has 0 unspecified atom stereocenters. The molecule has 8 aromatic rings. The van der Waals surface area contributed by atoms with Gasteiger partial charge in [0, 0.05) is 38.2 Å². The van der Waals surface area contributed by atoms with Crippen LogP contribution in [0.3, 0.4) is 0 Å². The van der Waals surface area contributed by atoms with E-state index in [1.165, 1.54) is 6.07 Å². The third kappa shape index (κ3) is 8.48. The van der Waals surface area contributed by atoms with E-state index in [4.69, 9.17) is 19.6 Å². The zero-order valence-corrected chi connectivity index (χ0v) is 38.5. The van der Waals surface area contributed by atoms with Crippen LogP contribution < -0.4 is 0 Å². The van der Waals surface area contributed by atoms with E-state index in [0.29, 0.717) is 33.7 Å². The van der Waals surface area contributed by atoms with Crippen molar-refractivity contribution in [2.24, 2.45) is 0 Å². The van der Waals surface area contributed by atoms with Crippen molar-refractivity contribution in [1.29, 1.82) is 0 Å². The summed E-state index contributed by atoms with van der Waals surface area (Å²) in [5.41, 5.74) is 10.4. The Labute approximate surface area is 385 Å². The molecular weight excluding hydrogens is 767 g/mol. The molecule has 0 fully saturated rings. The molecule has 6 aromatic carbocycles. The first-order valence-electron chi connectivity index (χ1n) is 25.3. The van der Waals surface area contributed by atoms with Gasteiger partial charge >= 0.3 is 0 Å². The van der Waals surface area contributed by atoms with E-state index in [1.54, 1.807) is 30.3 Å². The second-order valence-electron chi connectivity index (χ2n) is 20.2. The normalized spacial score (nSPS) is 14.6. The van der Waals surface area contributed by atoms with Gasteiger partial charge in [-0.25, -0.2) is 4.98 Å². The lowest BCUT2D eigenvalue weighted by Crippen LogP contribution is -2.17. The van der Waals surface area contributed by atoms with Gasteiger partial charge in [-0.2, -0.15) is 0 Å². The Balaban J connectivity index is 1.46. The topological polar surface area (TPSA) is 50.9 Å². The Morgan fingerprint density at radius 1 is 0.587 bits per heavy atom. The van der Waals surface area contributed by atoms with Gasteiger partial charge in [0.1, 0.15) is 11.6 Å². The molecule has 320 valence electrons. The minimum atomic E-state index is -2.81. The molecule has 0 aliphatic carbocycles. The largest absolute Gasteiger partial charge is 0.507 e. The van der Waals surface area contributed by atoms with E-state index in [9.17, 15) is 5.11 Å². The highest BCUT2D eigenvalue weighted by molar-refractivity contribution is 5.97. The Morgan fingerprint density at radius 2 is 1.29 bits per heavy atom. The van der Waals surface area contributed by atoms with Crippen molar-refractivity contribution in [3.8, 4) is 67.5 Å². The lowest BCUT2D eigenvalue weighted by molar-refractivity contribution is 0.446. The minimum absolute atomic E-state index is 0.0538. The number of hydrogen-bond donors (Lipinski definition) is 1. The third-order valence-corrected chi connectivity index (χ3v) is 12.1. The highest BCUT2D eigenvalue weighted by Gasteiger charge is 2.29. The number of hydrogen-bond acceptors (Lipinski definition) is 3. The predicted octanol–water partition coefficient (Wildman–Crippen LogP) is 16.1. The third-order valence-electron chi connectivity index (χ3n) is 12.1. The Hall–Kier alpha value is -6.26. The Kier molecular flexibility index (Phi) is 9.02. The van der Waals surface area contributed by atoms with Gasteiger partial charge in [-0.15, -0.1) is 0 Å². The van der Waals surface area contributed by atoms with E-state index in [2.05, 4.69) is 105 Å². The highest BCUT2D eigenvalue weighted by atomic mass is 16.3. The number of pyridine rings is 1. The predicted molar refractivity (Wildman–Crippen MR) is 267 cm³/mol. The van der Waals surface area contributed by atoms with E-state index < -0.39 is 25.0 Å². The molecule has 0 spiro atoms. The number of phenols is 1. The number of phenolic OH excluding ortho intramolecular Hbond substituents is 1. The lowest BCUT2D eigenvalue weighted by atomic mass is 9.79. The molecule has 4 heteroatoms. The molecule has 0 aliphatic heterocycles. The van der Waals surface area contributed by atoms with Crippen molar-refractivity contribution in [3.63, 3.8) is 0 Å². The molecule has 0 amide bonds. The number of aromatic nitrogens is 3. The van der Waals surface area contributed by atoms with Crippen LogP contribution in [0.1, 0.15) is 125 Å². The fourth-order valence-electron chi connectivity index (χ4n) is 8.31. The van der Waals surface area contributed by atoms with Gasteiger partial charge in [0.25, 0.3) is 0 Å². The molecule has 2 heterocycles. The van der Waals surface area contributed by atoms with Crippen molar-refractivity contribution in [2.45, 2.75) is 112 Å². The monoisotopic (exact) mass is 837 g/mol. The van der Waals surface area contributed by atoms with Crippen molar-refractivity contribution >= 4 is 11.0 Å². The van der Waals surface area contributed by atoms with Crippen LogP contribution >= 0.6 is 0 Å². The first-order chi connectivity index (χ1) is 32.4. The molecule has 0 saturated heterocycles. The fraction of sp³-hybridized carbons (Fsp3) is 0.288. The number of aryl methyl sites for hydroxylation is 1. The van der Waals surface area contributed by atoms with Crippen molar-refractivity contribution in [1.82, 2.24) is 14.5 Å². The van der Waals surface area contributed by atoms with Gasteiger partial charge in [-0.1, -0.05) is 155 Å². The molecule has 0 aliphatic rings. The molecule has 0 saturated carbocycles. The summed E-state index contributed by atoms with van der Waals surface area (Å²) < 4.78 is 62.9. The van der Waals surface area contributed by atoms with Crippen LogP contribution in [0.2, 0.25) is 0 Å². The van der Waals surface area contributed by atoms with Crippen LogP contribution in [0.15, 0.2) is 134 Å². The van der Waals surface area contributed by atoms with Crippen LogP contribution in [-0.4, -0.2) is 19.6 Å². The van der Waals surface area contributed by atoms with Gasteiger partial charge in [-0.05, 0) is 140 Å². The molecule has 4 nitrogen and oxygen atoms in total. The Morgan fingerprint density at radius 3 is 1.94 bits per heavy atom. The summed E-state index contributed by atoms with van der Waals surface area (Å²) in [7, 11) is 0. The number of rotatable bonds is 7. The van der Waals surface area contributed by atoms with Gasteiger partial charge in [0.2, 0.25) is 0 Å². The summed E-state index contributed by atoms with van der Waals surface area (Å²) in [6.07, 6.45) is 1.82. The number of imidazole rings is 1. The molecule has 0 bridgehead atoms. The molecule has 63 heavy (non-hydrogen) atoms. The number of nitrogens with zero attached hydrogens (tertiary/aromatic N) is 3. The SMILES string of the molecule is [2H]C([2H])([2H])c1cc(-n2c(-c3cc(C(C)(C)C)cc(C(C)(C)C)c3O)nc3c(-c4cc(-c5cc(-c6ccc(C([2H])(C)C)cc6)ccn5)cc(C(C)(C)C)c4)cccc32)cc(-c2ccccc2)c1C([2H])([2H])[2H]. The average molecular weight is 837 g/mol. The number of fused-ring (bicyclic) bond motifs is 1. The number of para-hydroxylation sites is 1. The maximum Gasteiger partial charge on any atom is 0.149 e. The van der Waals surface area contributed by atoms with E-state index in [0.717, 1.165) is 55.8 Å². The number of benzene rings is 6. The second-order valence-corrected chi connectivity index (χ2v) is 20.2. The molecular formula is C59H63N3O. The summed E-state index contributed by atoms with van der Waals surface area (Å²) in [5.74, 6) is -0.291. The fourth-order valence-corrected chi connectivity index (χ4v) is 8.31. The van der Waals surface area contributed by atoms with E-state index in [-0.39, 0.29) is 33.3 Å². The maximum atomic E-state index is 12.5. The second kappa shape index (κ2) is 16.1. The highest BCUT2D eigenvalue weighted by Crippen LogP contribution is 2.45. The van der Waals surface area contributed by atoms with Gasteiger partial charge < -0.3 is 5.11 Å². The van der Waals surface area contributed by atoms with Crippen molar-refractivity contribution in [2.75, 3.05) is 0 Å². The zero-order chi connectivity index (χ0) is 51.1. The van der Waals surface area contributed by atoms with Crippen molar-refractivity contribution in [3.05, 3.63) is 167 Å². The molecule has 0 atom stereocenters. The maximum absolute atomic E-state index is 12.5. The number of aromatic hydroxyl groups is 1. The van der Waals surface area contributed by atoms with Crippen LogP contribution in [0.4, 0.5) is 0 Å². The zero-order valence-electron chi connectivity index (χ0n) is 45.5. The summed E-state index contributed by atoms with van der Waals surface area (Å²) in [6, 6.07) is 40.9. The summed E-state index contributed by atoms with van der Waals surface area (Å²) >= 11 is 0. The van der Waals surface area contributed by atoms with Gasteiger partial charge in [0.15, 0.2) is 0 Å². The van der Waals surface area contributed by atoms with Crippen LogP contribution in [0, 0.1) is 13.7 Å². The van der Waals surface area contributed by atoms with Crippen molar-refractivity contribution < 1.29 is 14.7 Å². The average Bonchev–Trinajstić information content (AvgIpc) is 3.66. The van der Waals surface area contributed by atoms with E-state index >= 15 is 0 Å². The summed E-state index contributed by atoms with van der Waals surface area (Å²) in [4.78, 5) is 10.4. The Bertz CT molecular complexity index is 3260.